The standard InChI is InChI=1S/C14H19BrN2/c1-14(2,11-16)9-5-6-10-17-13-8-4-3-7-12(13)15/h3-4,7-8,17H,5-6,9-10H2,1-2H3. The second kappa shape index (κ2) is 6.66. The van der Waals surface area contributed by atoms with Gasteiger partial charge >= 0.3 is 0 Å². The first-order valence-corrected chi connectivity index (χ1v) is 6.74. The second-order valence-electron chi connectivity index (χ2n) is 4.86. The fourth-order valence-electron chi connectivity index (χ4n) is 1.58. The quantitative estimate of drug-likeness (QED) is 0.780. The van der Waals surface area contributed by atoms with Gasteiger partial charge in [0.1, 0.15) is 0 Å². The number of nitriles is 1. The summed E-state index contributed by atoms with van der Waals surface area (Å²) in [5, 5.41) is 12.3. The van der Waals surface area contributed by atoms with E-state index in [4.69, 9.17) is 5.26 Å². The molecular formula is C14H19BrN2. The lowest BCUT2D eigenvalue weighted by atomic mass is 9.89. The first kappa shape index (κ1) is 14.1. The van der Waals surface area contributed by atoms with Crippen molar-refractivity contribution in [1.29, 1.82) is 5.26 Å². The zero-order valence-electron chi connectivity index (χ0n) is 10.5. The highest BCUT2D eigenvalue weighted by Crippen LogP contribution is 2.23. The maximum absolute atomic E-state index is 8.89. The smallest absolute Gasteiger partial charge is 0.0683 e. The van der Waals surface area contributed by atoms with E-state index in [0.29, 0.717) is 0 Å². The van der Waals surface area contributed by atoms with E-state index in [1.165, 1.54) is 0 Å². The maximum atomic E-state index is 8.89. The fraction of sp³-hybridized carbons (Fsp3) is 0.500. The molecule has 0 radical (unpaired) electrons. The number of nitrogens with one attached hydrogen (secondary N) is 1. The van der Waals surface area contributed by atoms with E-state index in [-0.39, 0.29) is 5.41 Å². The Morgan fingerprint density at radius 3 is 2.65 bits per heavy atom. The Balaban J connectivity index is 2.22. The van der Waals surface area contributed by atoms with Crippen molar-refractivity contribution >= 4 is 21.6 Å². The van der Waals surface area contributed by atoms with E-state index in [9.17, 15) is 0 Å². The van der Waals surface area contributed by atoms with Crippen LogP contribution in [0.15, 0.2) is 28.7 Å². The van der Waals surface area contributed by atoms with E-state index >= 15 is 0 Å². The van der Waals surface area contributed by atoms with Crippen LogP contribution in [-0.2, 0) is 0 Å². The molecular weight excluding hydrogens is 276 g/mol. The van der Waals surface area contributed by atoms with Crippen molar-refractivity contribution in [3.05, 3.63) is 28.7 Å². The predicted molar refractivity (Wildman–Crippen MR) is 75.9 cm³/mol. The lowest BCUT2D eigenvalue weighted by molar-refractivity contribution is 0.430. The second-order valence-corrected chi connectivity index (χ2v) is 5.71. The molecule has 0 fully saturated rings. The van der Waals surface area contributed by atoms with Gasteiger partial charge in [0.05, 0.1) is 11.5 Å². The first-order chi connectivity index (χ1) is 8.05. The molecule has 1 aromatic rings. The van der Waals surface area contributed by atoms with Gasteiger partial charge in [-0.3, -0.25) is 0 Å². The average molecular weight is 295 g/mol. The molecule has 0 bridgehead atoms. The third-order valence-corrected chi connectivity index (χ3v) is 3.41. The largest absolute Gasteiger partial charge is 0.384 e. The van der Waals surface area contributed by atoms with Gasteiger partial charge in [-0.05, 0) is 54.8 Å². The maximum Gasteiger partial charge on any atom is 0.0683 e. The van der Waals surface area contributed by atoms with Gasteiger partial charge in [0.25, 0.3) is 0 Å². The van der Waals surface area contributed by atoms with Gasteiger partial charge < -0.3 is 5.32 Å². The zero-order valence-corrected chi connectivity index (χ0v) is 12.0. The number of para-hydroxylation sites is 1. The topological polar surface area (TPSA) is 35.8 Å². The Hall–Kier alpha value is -1.01. The molecule has 0 aromatic heterocycles. The minimum Gasteiger partial charge on any atom is -0.384 e. The summed E-state index contributed by atoms with van der Waals surface area (Å²) in [6, 6.07) is 10.4. The summed E-state index contributed by atoms with van der Waals surface area (Å²) in [4.78, 5) is 0. The first-order valence-electron chi connectivity index (χ1n) is 5.95. The van der Waals surface area contributed by atoms with Crippen LogP contribution in [0.5, 0.6) is 0 Å². The highest BCUT2D eigenvalue weighted by Gasteiger charge is 2.15. The Morgan fingerprint density at radius 1 is 1.29 bits per heavy atom. The Kier molecular flexibility index (Phi) is 5.50. The molecule has 0 unspecified atom stereocenters. The number of hydrogen-bond donors (Lipinski definition) is 1. The molecule has 0 aliphatic heterocycles. The summed E-state index contributed by atoms with van der Waals surface area (Å²) in [6.07, 6.45) is 3.13. The Bertz CT molecular complexity index is 393. The van der Waals surface area contributed by atoms with Crippen LogP contribution in [0.3, 0.4) is 0 Å². The molecule has 1 rings (SSSR count). The van der Waals surface area contributed by atoms with E-state index in [1.54, 1.807) is 0 Å². The van der Waals surface area contributed by atoms with Gasteiger partial charge in [-0.25, -0.2) is 0 Å². The number of unbranched alkanes of at least 4 members (excludes halogenated alkanes) is 1. The van der Waals surface area contributed by atoms with Crippen LogP contribution in [0.1, 0.15) is 33.1 Å². The number of benzene rings is 1. The van der Waals surface area contributed by atoms with Crippen LogP contribution in [-0.4, -0.2) is 6.54 Å². The molecule has 2 nitrogen and oxygen atoms in total. The summed E-state index contributed by atoms with van der Waals surface area (Å²) in [7, 11) is 0. The summed E-state index contributed by atoms with van der Waals surface area (Å²) in [5.41, 5.74) is 0.944. The molecule has 92 valence electrons. The molecule has 1 N–H and O–H groups in total. The normalized spacial score (nSPS) is 10.9. The highest BCUT2D eigenvalue weighted by molar-refractivity contribution is 9.10. The zero-order chi connectivity index (χ0) is 12.7. The molecule has 0 atom stereocenters. The fourth-order valence-corrected chi connectivity index (χ4v) is 2.00. The van der Waals surface area contributed by atoms with Gasteiger partial charge in [-0.15, -0.1) is 0 Å². The molecule has 17 heavy (non-hydrogen) atoms. The van der Waals surface area contributed by atoms with E-state index in [2.05, 4.69) is 33.4 Å². The van der Waals surface area contributed by atoms with Gasteiger partial charge in [-0.1, -0.05) is 18.6 Å². The van der Waals surface area contributed by atoms with E-state index in [1.807, 2.05) is 32.0 Å². The van der Waals surface area contributed by atoms with Crippen molar-refractivity contribution in [3.63, 3.8) is 0 Å². The molecule has 0 spiro atoms. The van der Waals surface area contributed by atoms with Crippen molar-refractivity contribution in [2.45, 2.75) is 33.1 Å². The highest BCUT2D eigenvalue weighted by atomic mass is 79.9. The average Bonchev–Trinajstić information content (AvgIpc) is 2.31. The summed E-state index contributed by atoms with van der Waals surface area (Å²) in [6.45, 7) is 4.94. The lowest BCUT2D eigenvalue weighted by Gasteiger charge is -2.14. The summed E-state index contributed by atoms with van der Waals surface area (Å²) in [5.74, 6) is 0. The van der Waals surface area contributed by atoms with Crippen LogP contribution < -0.4 is 5.32 Å². The molecule has 1 aromatic carbocycles. The molecule has 0 saturated carbocycles. The van der Waals surface area contributed by atoms with Gasteiger partial charge in [0, 0.05) is 16.7 Å². The van der Waals surface area contributed by atoms with Crippen LogP contribution in [0.4, 0.5) is 5.69 Å². The Morgan fingerprint density at radius 2 is 2.00 bits per heavy atom. The predicted octanol–water partition coefficient (Wildman–Crippen LogP) is 4.58. The minimum absolute atomic E-state index is 0.187. The molecule has 0 amide bonds. The number of nitrogens with zero attached hydrogens (tertiary/aromatic N) is 1. The molecule has 0 heterocycles. The molecule has 0 saturated heterocycles. The summed E-state index contributed by atoms with van der Waals surface area (Å²) < 4.78 is 1.09. The van der Waals surface area contributed by atoms with Crippen molar-refractivity contribution in [1.82, 2.24) is 0 Å². The number of rotatable bonds is 6. The van der Waals surface area contributed by atoms with Crippen molar-refractivity contribution in [2.24, 2.45) is 5.41 Å². The Labute approximate surface area is 112 Å². The molecule has 0 aliphatic carbocycles. The van der Waals surface area contributed by atoms with Crippen LogP contribution >= 0.6 is 15.9 Å². The SMILES string of the molecule is CC(C)(C#N)CCCCNc1ccccc1Br. The van der Waals surface area contributed by atoms with Crippen LogP contribution in [0.2, 0.25) is 0 Å². The minimum atomic E-state index is -0.187. The van der Waals surface area contributed by atoms with Crippen molar-refractivity contribution in [3.8, 4) is 6.07 Å². The lowest BCUT2D eigenvalue weighted by Crippen LogP contribution is -2.09. The van der Waals surface area contributed by atoms with E-state index < -0.39 is 0 Å². The number of hydrogen-bond acceptors (Lipinski definition) is 2. The monoisotopic (exact) mass is 294 g/mol. The summed E-state index contributed by atoms with van der Waals surface area (Å²) >= 11 is 3.50. The van der Waals surface area contributed by atoms with Gasteiger partial charge in [0.15, 0.2) is 0 Å². The molecule has 3 heteroatoms. The van der Waals surface area contributed by atoms with Crippen LogP contribution in [0, 0.1) is 16.7 Å². The van der Waals surface area contributed by atoms with Crippen LogP contribution in [0.25, 0.3) is 0 Å². The third kappa shape index (κ3) is 5.23. The van der Waals surface area contributed by atoms with E-state index in [0.717, 1.165) is 36.0 Å². The number of halogens is 1. The number of anilines is 1. The third-order valence-electron chi connectivity index (χ3n) is 2.72. The van der Waals surface area contributed by atoms with Crippen molar-refractivity contribution < 1.29 is 0 Å². The van der Waals surface area contributed by atoms with Crippen molar-refractivity contribution in [2.75, 3.05) is 11.9 Å². The molecule has 0 aliphatic rings. The van der Waals surface area contributed by atoms with Gasteiger partial charge in [-0.2, -0.15) is 5.26 Å². The van der Waals surface area contributed by atoms with Gasteiger partial charge in [0.2, 0.25) is 0 Å².